The van der Waals surface area contributed by atoms with Crippen LogP contribution in [0.25, 0.3) is 0 Å². The molecule has 0 aliphatic heterocycles. The lowest BCUT2D eigenvalue weighted by molar-refractivity contribution is 0.390. The van der Waals surface area contributed by atoms with Gasteiger partial charge in [0.2, 0.25) is 5.88 Å². The molecule has 1 aromatic heterocycles. The van der Waals surface area contributed by atoms with E-state index in [1.54, 1.807) is 13.2 Å². The molecule has 0 saturated carbocycles. The Balaban J connectivity index is 2.74. The first-order valence-electron chi connectivity index (χ1n) is 5.28. The lowest BCUT2D eigenvalue weighted by atomic mass is 10.1. The number of rotatable bonds is 5. The number of nitrogen functional groups attached to an aromatic ring is 2. The number of aromatic nitrogens is 1. The van der Waals surface area contributed by atoms with Crippen LogP contribution in [0.15, 0.2) is 6.07 Å². The average molecular weight is 224 g/mol. The second kappa shape index (κ2) is 5.55. The number of nitrogens with zero attached hydrogens (tertiary/aromatic N) is 2. The molecule has 1 heterocycles. The maximum Gasteiger partial charge on any atom is 0.215 e. The van der Waals surface area contributed by atoms with Crippen LogP contribution >= 0.6 is 0 Å². The van der Waals surface area contributed by atoms with E-state index in [0.29, 0.717) is 17.3 Å². The van der Waals surface area contributed by atoms with Gasteiger partial charge in [-0.1, -0.05) is 0 Å². The maximum absolute atomic E-state index is 5.87. The van der Waals surface area contributed by atoms with Gasteiger partial charge in [-0.15, -0.1) is 0 Å². The van der Waals surface area contributed by atoms with E-state index in [-0.39, 0.29) is 0 Å². The van der Waals surface area contributed by atoms with E-state index in [4.69, 9.17) is 16.2 Å². The first-order chi connectivity index (χ1) is 7.54. The molecule has 0 unspecified atom stereocenters. The van der Waals surface area contributed by atoms with Crippen molar-refractivity contribution in [1.82, 2.24) is 9.88 Å². The van der Waals surface area contributed by atoms with Gasteiger partial charge in [-0.3, -0.25) is 0 Å². The van der Waals surface area contributed by atoms with Crippen LogP contribution in [0.4, 0.5) is 11.4 Å². The molecule has 0 aromatic carbocycles. The summed E-state index contributed by atoms with van der Waals surface area (Å²) < 4.78 is 5.06. The first-order valence-corrected chi connectivity index (χ1v) is 5.28. The molecule has 5 heteroatoms. The van der Waals surface area contributed by atoms with Crippen LogP contribution in [0, 0.1) is 0 Å². The lowest BCUT2D eigenvalue weighted by Gasteiger charge is -2.12. The van der Waals surface area contributed by atoms with Crippen molar-refractivity contribution in [2.75, 3.05) is 39.2 Å². The molecule has 0 spiro atoms. The van der Waals surface area contributed by atoms with E-state index < -0.39 is 0 Å². The standard InChI is InChI=1S/C11H20N4O/c1-15(2)6-4-5-9-11(13)8(12)7-10(14-9)16-3/h7H,4-6,13H2,1-3H3,(H2,12,14). The molecule has 1 rings (SSSR count). The molecule has 0 amide bonds. The summed E-state index contributed by atoms with van der Waals surface area (Å²) in [5, 5.41) is 0. The maximum atomic E-state index is 5.87. The molecule has 0 atom stereocenters. The third kappa shape index (κ3) is 3.27. The summed E-state index contributed by atoms with van der Waals surface area (Å²) in [5.41, 5.74) is 13.6. The Kier molecular flexibility index (Phi) is 4.37. The zero-order valence-corrected chi connectivity index (χ0v) is 10.2. The molecule has 0 aliphatic rings. The van der Waals surface area contributed by atoms with Crippen LogP contribution in [0.2, 0.25) is 0 Å². The Morgan fingerprint density at radius 2 is 2.06 bits per heavy atom. The van der Waals surface area contributed by atoms with Crippen molar-refractivity contribution in [3.63, 3.8) is 0 Å². The summed E-state index contributed by atoms with van der Waals surface area (Å²) >= 11 is 0. The van der Waals surface area contributed by atoms with E-state index in [0.717, 1.165) is 25.1 Å². The second-order valence-corrected chi connectivity index (χ2v) is 4.02. The van der Waals surface area contributed by atoms with Gasteiger partial charge in [0, 0.05) is 6.07 Å². The SMILES string of the molecule is COc1cc(N)c(N)c(CCCN(C)C)n1. The number of aryl methyl sites for hydroxylation is 1. The molecule has 0 fully saturated rings. The molecule has 16 heavy (non-hydrogen) atoms. The zero-order valence-electron chi connectivity index (χ0n) is 10.2. The number of methoxy groups -OCH3 is 1. The first kappa shape index (κ1) is 12.6. The molecule has 4 N–H and O–H groups in total. The number of anilines is 2. The van der Waals surface area contributed by atoms with Crippen molar-refractivity contribution in [1.29, 1.82) is 0 Å². The Morgan fingerprint density at radius 3 is 2.62 bits per heavy atom. The molecule has 0 radical (unpaired) electrons. The van der Waals surface area contributed by atoms with Gasteiger partial charge in [0.1, 0.15) is 0 Å². The number of nitrogens with two attached hydrogens (primary N) is 2. The fourth-order valence-corrected chi connectivity index (χ4v) is 1.46. The van der Waals surface area contributed by atoms with Gasteiger partial charge in [0.25, 0.3) is 0 Å². The van der Waals surface area contributed by atoms with E-state index >= 15 is 0 Å². The Morgan fingerprint density at radius 1 is 1.38 bits per heavy atom. The normalized spacial score (nSPS) is 10.8. The monoisotopic (exact) mass is 224 g/mol. The van der Waals surface area contributed by atoms with Crippen LogP contribution in [-0.2, 0) is 6.42 Å². The molecule has 5 nitrogen and oxygen atoms in total. The number of hydrogen-bond donors (Lipinski definition) is 2. The third-order valence-electron chi connectivity index (χ3n) is 2.37. The van der Waals surface area contributed by atoms with Gasteiger partial charge in [-0.2, -0.15) is 0 Å². The minimum atomic E-state index is 0.520. The fraction of sp³-hybridized carbons (Fsp3) is 0.545. The quantitative estimate of drug-likeness (QED) is 0.771. The summed E-state index contributed by atoms with van der Waals surface area (Å²) in [5.74, 6) is 0.520. The minimum absolute atomic E-state index is 0.520. The predicted octanol–water partition coefficient (Wildman–Crippen LogP) is 0.749. The van der Waals surface area contributed by atoms with Crippen molar-refractivity contribution in [2.45, 2.75) is 12.8 Å². The van der Waals surface area contributed by atoms with Gasteiger partial charge in [0.05, 0.1) is 24.2 Å². The highest BCUT2D eigenvalue weighted by Gasteiger charge is 2.08. The van der Waals surface area contributed by atoms with E-state index in [9.17, 15) is 0 Å². The highest BCUT2D eigenvalue weighted by atomic mass is 16.5. The van der Waals surface area contributed by atoms with Crippen LogP contribution in [0.1, 0.15) is 12.1 Å². The zero-order chi connectivity index (χ0) is 12.1. The van der Waals surface area contributed by atoms with Crippen molar-refractivity contribution in [2.24, 2.45) is 0 Å². The van der Waals surface area contributed by atoms with Crippen LogP contribution in [0.3, 0.4) is 0 Å². The highest BCUT2D eigenvalue weighted by molar-refractivity contribution is 5.66. The molecule has 0 bridgehead atoms. The molecular formula is C11H20N4O. The molecular weight excluding hydrogens is 204 g/mol. The van der Waals surface area contributed by atoms with Crippen LogP contribution < -0.4 is 16.2 Å². The predicted molar refractivity (Wildman–Crippen MR) is 66.5 cm³/mol. The average Bonchev–Trinajstić information content (AvgIpc) is 2.23. The van der Waals surface area contributed by atoms with Crippen LogP contribution in [0.5, 0.6) is 5.88 Å². The van der Waals surface area contributed by atoms with Gasteiger partial charge >= 0.3 is 0 Å². The second-order valence-electron chi connectivity index (χ2n) is 4.02. The summed E-state index contributed by atoms with van der Waals surface area (Å²) in [7, 11) is 5.65. The summed E-state index contributed by atoms with van der Waals surface area (Å²) in [6.07, 6.45) is 1.81. The van der Waals surface area contributed by atoms with Gasteiger partial charge < -0.3 is 21.1 Å². The van der Waals surface area contributed by atoms with Crippen molar-refractivity contribution in [3.8, 4) is 5.88 Å². The topological polar surface area (TPSA) is 77.4 Å². The molecule has 1 aromatic rings. The number of ether oxygens (including phenoxy) is 1. The largest absolute Gasteiger partial charge is 0.481 e. The highest BCUT2D eigenvalue weighted by Crippen LogP contribution is 2.24. The fourth-order valence-electron chi connectivity index (χ4n) is 1.46. The van der Waals surface area contributed by atoms with Gasteiger partial charge in [-0.05, 0) is 33.5 Å². The third-order valence-corrected chi connectivity index (χ3v) is 2.37. The summed E-state index contributed by atoms with van der Waals surface area (Å²) in [4.78, 5) is 6.43. The van der Waals surface area contributed by atoms with E-state index in [2.05, 4.69) is 9.88 Å². The Bertz CT molecular complexity index is 352. The molecule has 0 saturated heterocycles. The van der Waals surface area contributed by atoms with Gasteiger partial charge in [-0.25, -0.2) is 4.98 Å². The molecule has 90 valence electrons. The number of pyridine rings is 1. The lowest BCUT2D eigenvalue weighted by Crippen LogP contribution is -2.14. The van der Waals surface area contributed by atoms with Crippen molar-refractivity contribution >= 4 is 11.4 Å². The summed E-state index contributed by atoms with van der Waals surface area (Å²) in [6, 6.07) is 1.64. The molecule has 0 aliphatic carbocycles. The minimum Gasteiger partial charge on any atom is -0.481 e. The van der Waals surface area contributed by atoms with Gasteiger partial charge in [0.15, 0.2) is 0 Å². The Hall–Kier alpha value is -1.49. The smallest absolute Gasteiger partial charge is 0.215 e. The number of hydrogen-bond acceptors (Lipinski definition) is 5. The Labute approximate surface area is 96.4 Å². The van der Waals surface area contributed by atoms with Crippen LogP contribution in [-0.4, -0.2) is 37.6 Å². The van der Waals surface area contributed by atoms with Crippen molar-refractivity contribution in [3.05, 3.63) is 11.8 Å². The van der Waals surface area contributed by atoms with Crippen molar-refractivity contribution < 1.29 is 4.74 Å². The summed E-state index contributed by atoms with van der Waals surface area (Å²) in [6.45, 7) is 0.998. The van der Waals surface area contributed by atoms with E-state index in [1.165, 1.54) is 0 Å². The van der Waals surface area contributed by atoms with E-state index in [1.807, 2.05) is 14.1 Å².